The van der Waals surface area contributed by atoms with E-state index < -0.39 is 0 Å². The number of guanidine groups is 1. The van der Waals surface area contributed by atoms with Gasteiger partial charge in [0.25, 0.3) is 0 Å². The van der Waals surface area contributed by atoms with Crippen molar-refractivity contribution in [3.8, 4) is 0 Å². The molecule has 0 atom stereocenters. The van der Waals surface area contributed by atoms with Crippen LogP contribution >= 0.6 is 24.0 Å². The number of aliphatic imine (C=N–C) groups is 1. The number of aromatic nitrogens is 2. The number of rotatable bonds is 6. The minimum Gasteiger partial charge on any atom is -0.356 e. The van der Waals surface area contributed by atoms with Crippen LogP contribution in [0.4, 0.5) is 5.69 Å². The zero-order chi connectivity index (χ0) is 18.4. The van der Waals surface area contributed by atoms with Crippen LogP contribution in [0.25, 0.3) is 0 Å². The molecule has 2 heterocycles. The van der Waals surface area contributed by atoms with Gasteiger partial charge >= 0.3 is 0 Å². The summed E-state index contributed by atoms with van der Waals surface area (Å²) in [5.74, 6) is 2.16. The molecule has 1 aliphatic rings. The summed E-state index contributed by atoms with van der Waals surface area (Å²) >= 11 is 0. The maximum Gasteiger partial charge on any atom is 0.228 e. The third-order valence-corrected chi connectivity index (χ3v) is 4.21. The van der Waals surface area contributed by atoms with Crippen molar-refractivity contribution < 1.29 is 9.32 Å². The van der Waals surface area contributed by atoms with Gasteiger partial charge in [-0.3, -0.25) is 9.79 Å². The first-order chi connectivity index (χ1) is 12.7. The Hall–Kier alpha value is -2.17. The van der Waals surface area contributed by atoms with Crippen molar-refractivity contribution in [2.24, 2.45) is 4.99 Å². The highest BCUT2D eigenvalue weighted by molar-refractivity contribution is 14.0. The van der Waals surface area contributed by atoms with E-state index in [-0.39, 0.29) is 29.9 Å². The molecule has 146 valence electrons. The highest BCUT2D eigenvalue weighted by Gasteiger charge is 2.21. The zero-order valence-corrected chi connectivity index (χ0v) is 17.9. The first kappa shape index (κ1) is 21.1. The molecule has 1 fully saturated rings. The van der Waals surface area contributed by atoms with Gasteiger partial charge in [-0.05, 0) is 31.0 Å². The zero-order valence-electron chi connectivity index (χ0n) is 15.6. The highest BCUT2D eigenvalue weighted by Crippen LogP contribution is 2.21. The van der Waals surface area contributed by atoms with Crippen LogP contribution in [0, 0.1) is 6.92 Å². The number of nitrogens with zero attached hydrogens (tertiary/aromatic N) is 4. The van der Waals surface area contributed by atoms with Crippen molar-refractivity contribution in [3.05, 3.63) is 41.5 Å². The van der Waals surface area contributed by atoms with Gasteiger partial charge in [0.05, 0.1) is 0 Å². The Morgan fingerprint density at radius 1 is 1.30 bits per heavy atom. The molecule has 0 spiro atoms. The number of amides is 1. The average molecular weight is 484 g/mol. The van der Waals surface area contributed by atoms with Gasteiger partial charge in [-0.15, -0.1) is 24.0 Å². The lowest BCUT2D eigenvalue weighted by Gasteiger charge is -2.16. The number of nitrogens with one attached hydrogen (secondary N) is 2. The van der Waals surface area contributed by atoms with E-state index in [9.17, 15) is 4.79 Å². The third-order valence-electron chi connectivity index (χ3n) is 4.21. The van der Waals surface area contributed by atoms with Crippen LogP contribution in [0.1, 0.15) is 30.1 Å². The molecule has 0 bridgehead atoms. The van der Waals surface area contributed by atoms with Gasteiger partial charge < -0.3 is 20.1 Å². The Bertz CT molecular complexity index is 774. The van der Waals surface area contributed by atoms with Crippen LogP contribution in [0.15, 0.2) is 33.8 Å². The molecule has 1 aliphatic heterocycles. The molecule has 1 aromatic carbocycles. The van der Waals surface area contributed by atoms with Gasteiger partial charge in [-0.25, -0.2) is 0 Å². The van der Waals surface area contributed by atoms with E-state index in [0.717, 1.165) is 24.2 Å². The molecule has 3 rings (SSSR count). The van der Waals surface area contributed by atoms with E-state index in [4.69, 9.17) is 4.52 Å². The number of benzene rings is 1. The fourth-order valence-corrected chi connectivity index (χ4v) is 2.85. The largest absolute Gasteiger partial charge is 0.356 e. The topological polar surface area (TPSA) is 95.7 Å². The summed E-state index contributed by atoms with van der Waals surface area (Å²) in [7, 11) is 1.73. The maximum atomic E-state index is 11.8. The average Bonchev–Trinajstić information content (AvgIpc) is 3.26. The summed E-state index contributed by atoms with van der Waals surface area (Å²) in [5, 5.41) is 10.3. The third kappa shape index (κ3) is 5.91. The standard InChI is InChI=1S/C18H24N6O2.HI/c1-13-22-16(26-23-13)9-10-20-18(19-2)21-12-14-5-7-15(8-6-14)24-11-3-4-17(24)25;/h5-8H,3-4,9-12H2,1-2H3,(H2,19,20,21);1H. The summed E-state index contributed by atoms with van der Waals surface area (Å²) in [5.41, 5.74) is 2.09. The second-order valence-electron chi connectivity index (χ2n) is 6.15. The Kier molecular flexibility index (Phi) is 8.01. The van der Waals surface area contributed by atoms with Gasteiger partial charge in [0.2, 0.25) is 11.8 Å². The Morgan fingerprint density at radius 3 is 2.67 bits per heavy atom. The SMILES string of the molecule is CN=C(NCCc1nc(C)no1)NCc1ccc(N2CCCC2=O)cc1.I. The van der Waals surface area contributed by atoms with Crippen LogP contribution in [-0.2, 0) is 17.8 Å². The molecule has 1 saturated heterocycles. The number of carbonyl (C=O) groups excluding carboxylic acids is 1. The predicted octanol–water partition coefficient (Wildman–Crippen LogP) is 2.03. The number of halogens is 1. The molecule has 27 heavy (non-hydrogen) atoms. The fourth-order valence-electron chi connectivity index (χ4n) is 2.85. The van der Waals surface area contributed by atoms with E-state index >= 15 is 0 Å². The van der Waals surface area contributed by atoms with Gasteiger partial charge in [-0.2, -0.15) is 4.98 Å². The normalized spacial score (nSPS) is 14.2. The molecule has 0 aliphatic carbocycles. The van der Waals surface area contributed by atoms with Crippen LogP contribution in [0.3, 0.4) is 0 Å². The highest BCUT2D eigenvalue weighted by atomic mass is 127. The summed E-state index contributed by atoms with van der Waals surface area (Å²) in [4.78, 5) is 22.0. The van der Waals surface area contributed by atoms with E-state index in [1.54, 1.807) is 14.0 Å². The van der Waals surface area contributed by atoms with E-state index in [0.29, 0.717) is 43.6 Å². The summed E-state index contributed by atoms with van der Waals surface area (Å²) in [6.07, 6.45) is 2.22. The quantitative estimate of drug-likeness (QED) is 0.370. The van der Waals surface area contributed by atoms with Crippen LogP contribution in [-0.4, -0.2) is 42.1 Å². The van der Waals surface area contributed by atoms with Gasteiger partial charge in [0.1, 0.15) is 0 Å². The second kappa shape index (κ2) is 10.2. The molecular weight excluding hydrogens is 459 g/mol. The number of hydrogen-bond donors (Lipinski definition) is 2. The van der Waals surface area contributed by atoms with Crippen molar-refractivity contribution in [1.82, 2.24) is 20.8 Å². The van der Waals surface area contributed by atoms with E-state index in [2.05, 4.69) is 25.8 Å². The number of hydrogen-bond acceptors (Lipinski definition) is 5. The molecule has 0 radical (unpaired) electrons. The smallest absolute Gasteiger partial charge is 0.228 e. The molecule has 1 amide bonds. The second-order valence-corrected chi connectivity index (χ2v) is 6.15. The monoisotopic (exact) mass is 484 g/mol. The molecule has 0 unspecified atom stereocenters. The Labute approximate surface area is 175 Å². The summed E-state index contributed by atoms with van der Waals surface area (Å²) in [6, 6.07) is 8.05. The number of carbonyl (C=O) groups is 1. The number of anilines is 1. The Balaban J connectivity index is 0.00000261. The van der Waals surface area contributed by atoms with E-state index in [1.807, 2.05) is 29.2 Å². The fraction of sp³-hybridized carbons (Fsp3) is 0.444. The van der Waals surface area contributed by atoms with Gasteiger partial charge in [0, 0.05) is 45.2 Å². The lowest BCUT2D eigenvalue weighted by molar-refractivity contribution is -0.117. The van der Waals surface area contributed by atoms with Gasteiger partial charge in [0.15, 0.2) is 11.8 Å². The molecular formula is C18H25IN6O2. The van der Waals surface area contributed by atoms with Crippen molar-refractivity contribution in [2.45, 2.75) is 32.7 Å². The van der Waals surface area contributed by atoms with Gasteiger partial charge in [-0.1, -0.05) is 17.3 Å². The van der Waals surface area contributed by atoms with Crippen LogP contribution in [0.2, 0.25) is 0 Å². The summed E-state index contributed by atoms with van der Waals surface area (Å²) in [6.45, 7) is 3.91. The minimum atomic E-state index is 0. The molecule has 2 N–H and O–H groups in total. The van der Waals surface area contributed by atoms with E-state index in [1.165, 1.54) is 0 Å². The predicted molar refractivity (Wildman–Crippen MR) is 114 cm³/mol. The van der Waals surface area contributed by atoms with Crippen molar-refractivity contribution >= 4 is 41.5 Å². The molecule has 9 heteroatoms. The first-order valence-corrected chi connectivity index (χ1v) is 8.79. The Morgan fingerprint density at radius 2 is 2.07 bits per heavy atom. The molecule has 0 saturated carbocycles. The number of aryl methyl sites for hydroxylation is 1. The summed E-state index contributed by atoms with van der Waals surface area (Å²) < 4.78 is 5.08. The minimum absolute atomic E-state index is 0. The molecule has 2 aromatic rings. The van der Waals surface area contributed by atoms with Crippen molar-refractivity contribution in [1.29, 1.82) is 0 Å². The van der Waals surface area contributed by atoms with Crippen molar-refractivity contribution in [2.75, 3.05) is 25.0 Å². The lowest BCUT2D eigenvalue weighted by Crippen LogP contribution is -2.37. The maximum absolute atomic E-state index is 11.8. The molecule has 1 aromatic heterocycles. The molecule has 8 nitrogen and oxygen atoms in total. The van der Waals surface area contributed by atoms with Crippen molar-refractivity contribution in [3.63, 3.8) is 0 Å². The lowest BCUT2D eigenvalue weighted by atomic mass is 10.2. The van der Waals surface area contributed by atoms with Crippen LogP contribution in [0.5, 0.6) is 0 Å². The first-order valence-electron chi connectivity index (χ1n) is 8.79. The van der Waals surface area contributed by atoms with Crippen LogP contribution < -0.4 is 15.5 Å².